The van der Waals surface area contributed by atoms with Crippen molar-refractivity contribution >= 4 is 40.6 Å². The van der Waals surface area contributed by atoms with E-state index in [4.69, 9.17) is 9.72 Å². The van der Waals surface area contributed by atoms with Gasteiger partial charge in [0.25, 0.3) is 5.91 Å². The zero-order valence-corrected chi connectivity index (χ0v) is 20.6. The van der Waals surface area contributed by atoms with Crippen LogP contribution in [-0.2, 0) is 4.79 Å². The molecule has 10 nitrogen and oxygen atoms in total. The summed E-state index contributed by atoms with van der Waals surface area (Å²) in [6, 6.07) is 15.2. The number of amides is 2. The zero-order valence-electron chi connectivity index (χ0n) is 20.6. The third-order valence-electron chi connectivity index (χ3n) is 6.47. The van der Waals surface area contributed by atoms with E-state index >= 15 is 0 Å². The largest absolute Gasteiger partial charge is 0.495 e. The molecule has 10 heteroatoms. The number of nitrogens with zero attached hydrogens (tertiary/aromatic N) is 5. The van der Waals surface area contributed by atoms with Gasteiger partial charge in [-0.3, -0.25) is 9.59 Å². The van der Waals surface area contributed by atoms with E-state index in [2.05, 4.69) is 20.5 Å². The van der Waals surface area contributed by atoms with Crippen molar-refractivity contribution in [3.63, 3.8) is 0 Å². The Morgan fingerprint density at radius 1 is 1.11 bits per heavy atom. The number of carbonyl (C=O) groups excluding carboxylic acids is 2. The second-order valence-electron chi connectivity index (χ2n) is 9.02. The van der Waals surface area contributed by atoms with Gasteiger partial charge < -0.3 is 30.1 Å². The predicted molar refractivity (Wildman–Crippen MR) is 139 cm³/mol. The summed E-state index contributed by atoms with van der Waals surface area (Å²) in [7, 11) is 5.31. The second kappa shape index (κ2) is 9.82. The van der Waals surface area contributed by atoms with Crippen molar-refractivity contribution in [2.75, 3.05) is 56.0 Å². The number of benzene rings is 2. The number of rotatable bonds is 6. The summed E-state index contributed by atoms with van der Waals surface area (Å²) in [4.78, 5) is 40.2. The predicted octanol–water partition coefficient (Wildman–Crippen LogP) is 2.78. The van der Waals surface area contributed by atoms with Crippen LogP contribution in [0.5, 0.6) is 5.75 Å². The van der Waals surface area contributed by atoms with Gasteiger partial charge in [-0.25, -0.2) is 4.98 Å². The molecule has 0 aliphatic carbocycles. The number of hydrogen-bond donors (Lipinski definition) is 2. The monoisotopic (exact) mass is 487 g/mol. The molecule has 2 aliphatic rings. The summed E-state index contributed by atoms with van der Waals surface area (Å²) in [5, 5.41) is 6.24. The minimum absolute atomic E-state index is 0.00284. The summed E-state index contributed by atoms with van der Waals surface area (Å²) in [6.07, 6.45) is 2.01. The van der Waals surface area contributed by atoms with Gasteiger partial charge in [-0.1, -0.05) is 18.2 Å². The smallest absolute Gasteiger partial charge is 0.251 e. The normalized spacial score (nSPS) is 16.1. The van der Waals surface area contributed by atoms with Gasteiger partial charge in [0, 0.05) is 44.4 Å². The van der Waals surface area contributed by atoms with Gasteiger partial charge in [0.15, 0.2) is 5.82 Å². The topological polar surface area (TPSA) is 103 Å². The van der Waals surface area contributed by atoms with Crippen molar-refractivity contribution in [1.82, 2.24) is 20.2 Å². The highest BCUT2D eigenvalue weighted by Gasteiger charge is 2.28. The van der Waals surface area contributed by atoms with E-state index < -0.39 is 0 Å². The molecule has 0 unspecified atom stereocenters. The van der Waals surface area contributed by atoms with E-state index in [1.54, 1.807) is 43.5 Å². The zero-order chi connectivity index (χ0) is 25.2. The maximum atomic E-state index is 12.6. The first-order valence-electron chi connectivity index (χ1n) is 11.8. The van der Waals surface area contributed by atoms with Crippen molar-refractivity contribution in [1.29, 1.82) is 0 Å². The summed E-state index contributed by atoms with van der Waals surface area (Å²) in [6.45, 7) is 2.19. The highest BCUT2D eigenvalue weighted by molar-refractivity contribution is 5.98. The number of nitrogens with one attached hydrogen (secondary N) is 2. The van der Waals surface area contributed by atoms with E-state index in [1.165, 1.54) is 0 Å². The molecule has 1 saturated heterocycles. The number of methoxy groups -OCH3 is 1. The lowest BCUT2D eigenvalue weighted by molar-refractivity contribution is -0.118. The van der Waals surface area contributed by atoms with Crippen LogP contribution in [0.2, 0.25) is 0 Å². The highest BCUT2D eigenvalue weighted by Crippen LogP contribution is 2.36. The van der Waals surface area contributed by atoms with Crippen molar-refractivity contribution < 1.29 is 14.3 Å². The summed E-state index contributed by atoms with van der Waals surface area (Å²) in [5.41, 5.74) is 2.72. The molecule has 5 rings (SSSR count). The number of likely N-dealkylation sites (N-methyl/N-ethyl adjacent to an activating group) is 1. The van der Waals surface area contributed by atoms with Gasteiger partial charge in [-0.05, 0) is 37.4 Å². The molecule has 2 amide bonds. The molecule has 0 bridgehead atoms. The lowest BCUT2D eigenvalue weighted by Crippen LogP contribution is -2.57. The number of aromatic nitrogens is 2. The van der Waals surface area contributed by atoms with Crippen molar-refractivity contribution in [3.8, 4) is 5.75 Å². The molecule has 0 spiro atoms. The fourth-order valence-corrected chi connectivity index (χ4v) is 4.45. The first kappa shape index (κ1) is 23.6. The van der Waals surface area contributed by atoms with Crippen LogP contribution in [0.25, 0.3) is 0 Å². The molecule has 0 atom stereocenters. The lowest BCUT2D eigenvalue weighted by Gasteiger charge is -2.36. The molecule has 3 aromatic rings. The molecular weight excluding hydrogens is 458 g/mol. The van der Waals surface area contributed by atoms with E-state index in [1.807, 2.05) is 42.3 Å². The Kier molecular flexibility index (Phi) is 6.43. The molecular formula is C26H29N7O3. The van der Waals surface area contributed by atoms with Crippen LogP contribution < -0.4 is 25.2 Å². The number of fused-ring (bicyclic) bond motifs is 1. The Balaban J connectivity index is 1.42. The van der Waals surface area contributed by atoms with Gasteiger partial charge in [0.1, 0.15) is 11.4 Å². The van der Waals surface area contributed by atoms with E-state index in [9.17, 15) is 9.59 Å². The quantitative estimate of drug-likeness (QED) is 0.547. The second-order valence-corrected chi connectivity index (χ2v) is 9.02. The van der Waals surface area contributed by atoms with Crippen LogP contribution in [0.3, 0.4) is 0 Å². The van der Waals surface area contributed by atoms with Crippen LogP contribution in [0, 0.1) is 0 Å². The van der Waals surface area contributed by atoms with Crippen molar-refractivity contribution in [2.24, 2.45) is 0 Å². The number of para-hydroxylation sites is 1. The summed E-state index contributed by atoms with van der Waals surface area (Å²) < 4.78 is 5.56. The number of anilines is 5. The maximum Gasteiger partial charge on any atom is 0.251 e. The summed E-state index contributed by atoms with van der Waals surface area (Å²) >= 11 is 0. The first-order chi connectivity index (χ1) is 17.4. The lowest BCUT2D eigenvalue weighted by atomic mass is 10.1. The Labute approximate surface area is 209 Å². The highest BCUT2D eigenvalue weighted by atomic mass is 16.5. The molecule has 1 aromatic heterocycles. The molecule has 2 N–H and O–H groups in total. The van der Waals surface area contributed by atoms with Crippen LogP contribution in [-0.4, -0.2) is 73.6 Å². The Bertz CT molecular complexity index is 1280. The van der Waals surface area contributed by atoms with Gasteiger partial charge in [-0.2, -0.15) is 4.98 Å². The van der Waals surface area contributed by atoms with Crippen molar-refractivity contribution in [3.05, 3.63) is 60.3 Å². The van der Waals surface area contributed by atoms with Crippen LogP contribution in [0.4, 0.5) is 28.8 Å². The fourth-order valence-electron chi connectivity index (χ4n) is 4.45. The molecule has 1 fully saturated rings. The molecule has 2 aliphatic heterocycles. The maximum absolute atomic E-state index is 12.6. The molecule has 2 aromatic carbocycles. The Hall–Kier alpha value is -4.18. The molecule has 36 heavy (non-hydrogen) atoms. The first-order valence-corrected chi connectivity index (χ1v) is 11.8. The number of carbonyl (C=O) groups is 2. The van der Waals surface area contributed by atoms with Crippen LogP contribution in [0.1, 0.15) is 16.8 Å². The molecule has 0 saturated carbocycles. The van der Waals surface area contributed by atoms with Gasteiger partial charge >= 0.3 is 0 Å². The minimum Gasteiger partial charge on any atom is -0.495 e. The van der Waals surface area contributed by atoms with Gasteiger partial charge in [0.05, 0.1) is 25.0 Å². The van der Waals surface area contributed by atoms with Gasteiger partial charge in [0.2, 0.25) is 11.9 Å². The third kappa shape index (κ3) is 4.67. The molecule has 3 heterocycles. The van der Waals surface area contributed by atoms with Crippen molar-refractivity contribution in [2.45, 2.75) is 12.5 Å². The number of hydrogen-bond acceptors (Lipinski definition) is 8. The Morgan fingerprint density at radius 2 is 1.89 bits per heavy atom. The fraction of sp³-hybridized carbons (Fsp3) is 0.308. The van der Waals surface area contributed by atoms with E-state index in [0.29, 0.717) is 47.4 Å². The summed E-state index contributed by atoms with van der Waals surface area (Å²) in [5.74, 6) is 1.35. The standard InChI is InChI=1S/C26H29N7O3/c1-31-15-18(16-31)28-25(35)17-9-10-20(22(13-17)36-3)29-26-27-14-21-24(30-26)33(12-11-23(34)32(21)2)19-7-5-4-6-8-19/h4-10,13-14,18H,11-12,15-16H2,1-3H3,(H,28,35)(H,27,29,30). The van der Waals surface area contributed by atoms with E-state index in [0.717, 1.165) is 18.8 Å². The number of ether oxygens (including phenoxy) is 1. The van der Waals surface area contributed by atoms with Gasteiger partial charge in [-0.15, -0.1) is 0 Å². The molecule has 186 valence electrons. The molecule has 0 radical (unpaired) electrons. The third-order valence-corrected chi connectivity index (χ3v) is 6.47. The number of likely N-dealkylation sites (tertiary alicyclic amines) is 1. The SMILES string of the molecule is COc1cc(C(=O)NC2CN(C)C2)ccc1Nc1ncc2c(n1)N(c1ccccc1)CCC(=O)N2C. The average Bonchev–Trinajstić information content (AvgIpc) is 2.99. The minimum atomic E-state index is -0.134. The van der Waals surface area contributed by atoms with Crippen LogP contribution >= 0.6 is 0 Å². The van der Waals surface area contributed by atoms with Crippen LogP contribution in [0.15, 0.2) is 54.7 Å². The Morgan fingerprint density at radius 3 is 2.61 bits per heavy atom. The average molecular weight is 488 g/mol. The van der Waals surface area contributed by atoms with E-state index in [-0.39, 0.29) is 17.9 Å².